The minimum absolute atomic E-state index is 0.0412. The maximum absolute atomic E-state index is 12.0. The van der Waals surface area contributed by atoms with Crippen molar-refractivity contribution in [1.82, 2.24) is 0 Å². The highest BCUT2D eigenvalue weighted by Gasteiger charge is 2.28. The monoisotopic (exact) mass is 237 g/mol. The highest BCUT2D eigenvalue weighted by Crippen LogP contribution is 2.30. The van der Waals surface area contributed by atoms with Gasteiger partial charge in [0.2, 0.25) is 0 Å². The van der Waals surface area contributed by atoms with Gasteiger partial charge in [-0.05, 0) is 31.9 Å². The van der Waals surface area contributed by atoms with E-state index in [-0.39, 0.29) is 6.42 Å². The molecule has 2 N–H and O–H groups in total. The van der Waals surface area contributed by atoms with E-state index in [2.05, 4.69) is 0 Å². The van der Waals surface area contributed by atoms with Gasteiger partial charge in [0, 0.05) is 22.2 Å². The molecule has 0 saturated heterocycles. The van der Waals surface area contributed by atoms with Crippen LogP contribution >= 0.6 is 11.3 Å². The summed E-state index contributed by atoms with van der Waals surface area (Å²) in [5, 5.41) is 0. The molecule has 0 saturated carbocycles. The second kappa shape index (κ2) is 4.53. The summed E-state index contributed by atoms with van der Waals surface area (Å²) in [6.45, 7) is 3.82. The molecular formula is C10H14F3NS. The molecule has 0 spiro atoms. The molecule has 0 aliphatic rings. The van der Waals surface area contributed by atoms with Crippen LogP contribution in [-0.2, 0) is 0 Å². The fourth-order valence-electron chi connectivity index (χ4n) is 1.49. The second-order valence-electron chi connectivity index (χ2n) is 3.63. The largest absolute Gasteiger partial charge is 0.389 e. The van der Waals surface area contributed by atoms with Crippen LogP contribution in [0.3, 0.4) is 0 Å². The predicted molar refractivity (Wildman–Crippen MR) is 56.0 cm³/mol. The molecule has 1 nitrogen and oxygen atoms in total. The standard InChI is InChI=1S/C10H14F3NS/c1-6-5-8(7(2)15-6)9(14)3-4-10(11,12)13/h5,9H,3-4,14H2,1-2H3. The molecule has 1 atom stereocenters. The highest BCUT2D eigenvalue weighted by molar-refractivity contribution is 7.12. The van der Waals surface area contributed by atoms with E-state index in [0.717, 1.165) is 15.3 Å². The Kier molecular flexibility index (Phi) is 3.78. The molecule has 15 heavy (non-hydrogen) atoms. The van der Waals surface area contributed by atoms with Crippen molar-refractivity contribution in [3.8, 4) is 0 Å². The second-order valence-corrected chi connectivity index (χ2v) is 5.09. The van der Waals surface area contributed by atoms with Crippen molar-refractivity contribution in [2.45, 2.75) is 38.9 Å². The number of nitrogens with two attached hydrogens (primary N) is 1. The molecule has 0 fully saturated rings. The third kappa shape index (κ3) is 3.83. The van der Waals surface area contributed by atoms with Gasteiger partial charge in [-0.25, -0.2) is 0 Å². The minimum Gasteiger partial charge on any atom is -0.324 e. The van der Waals surface area contributed by atoms with E-state index in [1.54, 1.807) is 11.3 Å². The summed E-state index contributed by atoms with van der Waals surface area (Å²) in [7, 11) is 0. The number of halogens is 3. The van der Waals surface area contributed by atoms with E-state index in [1.807, 2.05) is 19.9 Å². The molecule has 0 aliphatic carbocycles. The Balaban J connectivity index is 2.61. The molecule has 1 unspecified atom stereocenters. The van der Waals surface area contributed by atoms with Crippen molar-refractivity contribution in [3.05, 3.63) is 21.4 Å². The van der Waals surface area contributed by atoms with Crippen molar-refractivity contribution in [2.75, 3.05) is 0 Å². The summed E-state index contributed by atoms with van der Waals surface area (Å²) in [4.78, 5) is 2.10. The van der Waals surface area contributed by atoms with E-state index in [9.17, 15) is 13.2 Å². The molecule has 86 valence electrons. The fourth-order valence-corrected chi connectivity index (χ4v) is 2.49. The third-order valence-corrected chi connectivity index (χ3v) is 3.20. The molecule has 0 radical (unpaired) electrons. The zero-order valence-corrected chi connectivity index (χ0v) is 9.50. The fraction of sp³-hybridized carbons (Fsp3) is 0.600. The quantitative estimate of drug-likeness (QED) is 0.852. The van der Waals surface area contributed by atoms with E-state index in [4.69, 9.17) is 5.73 Å². The number of hydrogen-bond acceptors (Lipinski definition) is 2. The summed E-state index contributed by atoms with van der Waals surface area (Å²) < 4.78 is 36.0. The SMILES string of the molecule is Cc1cc(C(N)CCC(F)(F)F)c(C)s1. The molecule has 1 aromatic rings. The van der Waals surface area contributed by atoms with Crippen LogP contribution in [-0.4, -0.2) is 6.18 Å². The van der Waals surface area contributed by atoms with Gasteiger partial charge in [-0.1, -0.05) is 0 Å². The molecular weight excluding hydrogens is 223 g/mol. The Labute approximate surface area is 91.1 Å². The molecule has 0 aromatic carbocycles. The molecule has 1 rings (SSSR count). The van der Waals surface area contributed by atoms with Crippen LogP contribution in [0.15, 0.2) is 6.07 Å². The zero-order valence-electron chi connectivity index (χ0n) is 8.69. The molecule has 5 heteroatoms. The summed E-state index contributed by atoms with van der Waals surface area (Å²) >= 11 is 1.57. The van der Waals surface area contributed by atoms with Crippen molar-refractivity contribution < 1.29 is 13.2 Å². The van der Waals surface area contributed by atoms with Gasteiger partial charge in [0.15, 0.2) is 0 Å². The summed E-state index contributed by atoms with van der Waals surface area (Å²) in [6.07, 6.45) is -4.97. The Morgan fingerprint density at radius 3 is 2.40 bits per heavy atom. The Morgan fingerprint density at radius 2 is 2.00 bits per heavy atom. The van der Waals surface area contributed by atoms with Gasteiger partial charge >= 0.3 is 6.18 Å². The van der Waals surface area contributed by atoms with Gasteiger partial charge < -0.3 is 5.73 Å². The van der Waals surface area contributed by atoms with Crippen LogP contribution in [0.1, 0.15) is 34.2 Å². The number of hydrogen-bond donors (Lipinski definition) is 1. The lowest BCUT2D eigenvalue weighted by Gasteiger charge is -2.12. The predicted octanol–water partition coefficient (Wildman–Crippen LogP) is 3.71. The Bertz CT molecular complexity index is 330. The van der Waals surface area contributed by atoms with Crippen LogP contribution in [0.4, 0.5) is 13.2 Å². The average molecular weight is 237 g/mol. The first kappa shape index (κ1) is 12.5. The maximum Gasteiger partial charge on any atom is 0.389 e. The summed E-state index contributed by atoms with van der Waals surface area (Å²) in [5.41, 5.74) is 6.57. The van der Waals surface area contributed by atoms with Crippen molar-refractivity contribution >= 4 is 11.3 Å². The number of rotatable bonds is 3. The lowest BCUT2D eigenvalue weighted by Crippen LogP contribution is -2.15. The van der Waals surface area contributed by atoms with Gasteiger partial charge in [-0.15, -0.1) is 11.3 Å². The first-order chi connectivity index (χ1) is 6.79. The molecule has 0 aliphatic heterocycles. The van der Waals surface area contributed by atoms with Gasteiger partial charge in [0.25, 0.3) is 0 Å². The lowest BCUT2D eigenvalue weighted by atomic mass is 10.0. The van der Waals surface area contributed by atoms with Crippen LogP contribution in [0, 0.1) is 13.8 Å². The highest BCUT2D eigenvalue weighted by atomic mass is 32.1. The maximum atomic E-state index is 12.0. The first-order valence-electron chi connectivity index (χ1n) is 4.69. The van der Waals surface area contributed by atoms with Gasteiger partial charge in [0.1, 0.15) is 0 Å². The Hall–Kier alpha value is -0.550. The molecule has 0 bridgehead atoms. The molecule has 1 aromatic heterocycles. The van der Waals surface area contributed by atoms with Gasteiger partial charge in [-0.2, -0.15) is 13.2 Å². The van der Waals surface area contributed by atoms with Crippen molar-refractivity contribution in [3.63, 3.8) is 0 Å². The van der Waals surface area contributed by atoms with Crippen molar-refractivity contribution in [1.29, 1.82) is 0 Å². The summed E-state index contributed by atoms with van der Waals surface area (Å²) in [6, 6.07) is 1.37. The minimum atomic E-state index is -4.11. The van der Waals surface area contributed by atoms with Crippen LogP contribution in [0.2, 0.25) is 0 Å². The zero-order chi connectivity index (χ0) is 11.6. The molecule has 1 heterocycles. The normalized spacial score (nSPS) is 14.3. The van der Waals surface area contributed by atoms with E-state index >= 15 is 0 Å². The third-order valence-electron chi connectivity index (χ3n) is 2.22. The topological polar surface area (TPSA) is 26.0 Å². The van der Waals surface area contributed by atoms with Gasteiger partial charge in [-0.3, -0.25) is 0 Å². The van der Waals surface area contributed by atoms with Crippen LogP contribution < -0.4 is 5.73 Å². The first-order valence-corrected chi connectivity index (χ1v) is 5.50. The molecule has 0 amide bonds. The number of alkyl halides is 3. The Morgan fingerprint density at radius 1 is 1.40 bits per heavy atom. The van der Waals surface area contributed by atoms with E-state index in [0.29, 0.717) is 0 Å². The van der Waals surface area contributed by atoms with E-state index < -0.39 is 18.6 Å². The lowest BCUT2D eigenvalue weighted by molar-refractivity contribution is -0.136. The van der Waals surface area contributed by atoms with Crippen LogP contribution in [0.5, 0.6) is 0 Å². The van der Waals surface area contributed by atoms with Gasteiger partial charge in [0.05, 0.1) is 0 Å². The van der Waals surface area contributed by atoms with Crippen LogP contribution in [0.25, 0.3) is 0 Å². The summed E-state index contributed by atoms with van der Waals surface area (Å²) in [5.74, 6) is 0. The van der Waals surface area contributed by atoms with Crippen molar-refractivity contribution in [2.24, 2.45) is 5.73 Å². The average Bonchev–Trinajstić information content (AvgIpc) is 2.40. The smallest absolute Gasteiger partial charge is 0.324 e. The number of aryl methyl sites for hydroxylation is 2. The number of thiophene rings is 1. The van der Waals surface area contributed by atoms with E-state index in [1.165, 1.54) is 0 Å².